The van der Waals surface area contributed by atoms with E-state index >= 15 is 0 Å². The van der Waals surface area contributed by atoms with E-state index in [2.05, 4.69) is 0 Å². The molecule has 7 heteroatoms. The van der Waals surface area contributed by atoms with Gasteiger partial charge in [0.15, 0.2) is 0 Å². The number of benzene rings is 1. The molecule has 0 aliphatic heterocycles. The van der Waals surface area contributed by atoms with Crippen molar-refractivity contribution in [2.45, 2.75) is 33.4 Å². The van der Waals surface area contributed by atoms with Gasteiger partial charge in [0.05, 0.1) is 5.56 Å². The molecule has 1 heterocycles. The number of hydrogen-bond donors (Lipinski definition) is 1. The van der Waals surface area contributed by atoms with E-state index in [0.29, 0.717) is 12.4 Å². The molecule has 0 radical (unpaired) electrons. The fourth-order valence-corrected chi connectivity index (χ4v) is 2.14. The number of aromatic nitrogens is 2. The molecule has 124 valence electrons. The second-order valence-corrected chi connectivity index (χ2v) is 5.24. The van der Waals surface area contributed by atoms with Gasteiger partial charge in [-0.1, -0.05) is 36.8 Å². The first-order valence-corrected chi connectivity index (χ1v) is 7.37. The van der Waals surface area contributed by atoms with Gasteiger partial charge in [-0.3, -0.25) is 4.79 Å². The summed E-state index contributed by atoms with van der Waals surface area (Å²) in [4.78, 5) is 24.4. The first-order chi connectivity index (χ1) is 11.0. The lowest BCUT2D eigenvalue weighted by atomic mass is 10.1. The molecule has 0 unspecified atom stereocenters. The minimum absolute atomic E-state index is 0.0833. The Hall–Kier alpha value is -2.54. The predicted molar refractivity (Wildman–Crippen MR) is 84.4 cm³/mol. The van der Waals surface area contributed by atoms with Crippen LogP contribution in [-0.2, 0) is 11.5 Å². The number of para-hydroxylation sites is 1. The predicted octanol–water partition coefficient (Wildman–Crippen LogP) is 2.16. The van der Waals surface area contributed by atoms with E-state index in [9.17, 15) is 14.8 Å². The average Bonchev–Trinajstić information content (AvgIpc) is 2.53. The third kappa shape index (κ3) is 3.45. The first kappa shape index (κ1) is 16.8. The van der Waals surface area contributed by atoms with Crippen molar-refractivity contribution in [2.24, 2.45) is 0 Å². The van der Waals surface area contributed by atoms with Crippen molar-refractivity contribution in [1.82, 2.24) is 9.30 Å². The number of ether oxygens (including phenoxy) is 2. The molecule has 0 spiro atoms. The molecule has 1 N–H and O–H groups in total. The Balaban J connectivity index is 2.68. The molecule has 1 aromatic heterocycles. The SMILES string of the molecule is CCOCn1c(Oc2ccccc2)c(C(C)C)c(=O)n(O)c1=O. The van der Waals surface area contributed by atoms with E-state index in [0.717, 1.165) is 4.57 Å². The lowest BCUT2D eigenvalue weighted by Crippen LogP contribution is -2.41. The van der Waals surface area contributed by atoms with E-state index in [1.54, 1.807) is 45.0 Å². The van der Waals surface area contributed by atoms with Gasteiger partial charge in [0.2, 0.25) is 5.88 Å². The van der Waals surface area contributed by atoms with Crippen LogP contribution in [0.1, 0.15) is 32.3 Å². The first-order valence-electron chi connectivity index (χ1n) is 7.37. The Morgan fingerprint density at radius 2 is 1.83 bits per heavy atom. The molecule has 0 bridgehead atoms. The van der Waals surface area contributed by atoms with Crippen LogP contribution in [0, 0.1) is 0 Å². The van der Waals surface area contributed by atoms with Gasteiger partial charge in [0.25, 0.3) is 5.56 Å². The summed E-state index contributed by atoms with van der Waals surface area (Å²) in [6.07, 6.45) is 0. The van der Waals surface area contributed by atoms with Gasteiger partial charge >= 0.3 is 5.69 Å². The van der Waals surface area contributed by atoms with Crippen LogP contribution in [-0.4, -0.2) is 21.1 Å². The molecule has 0 saturated heterocycles. The van der Waals surface area contributed by atoms with Crippen molar-refractivity contribution in [2.75, 3.05) is 6.61 Å². The molecule has 2 rings (SSSR count). The van der Waals surface area contributed by atoms with Crippen LogP contribution in [0.15, 0.2) is 39.9 Å². The minimum Gasteiger partial charge on any atom is -0.440 e. The molecule has 23 heavy (non-hydrogen) atoms. The summed E-state index contributed by atoms with van der Waals surface area (Å²) in [5.41, 5.74) is -1.49. The number of nitrogens with zero attached hydrogens (tertiary/aromatic N) is 2. The Kier molecular flexibility index (Phi) is 5.23. The van der Waals surface area contributed by atoms with Crippen LogP contribution in [0.4, 0.5) is 0 Å². The zero-order valence-electron chi connectivity index (χ0n) is 13.4. The smallest absolute Gasteiger partial charge is 0.369 e. The Labute approximate surface area is 133 Å². The van der Waals surface area contributed by atoms with Crippen molar-refractivity contribution >= 4 is 0 Å². The summed E-state index contributed by atoms with van der Waals surface area (Å²) in [7, 11) is 0. The Morgan fingerprint density at radius 1 is 1.17 bits per heavy atom. The second kappa shape index (κ2) is 7.15. The van der Waals surface area contributed by atoms with Gasteiger partial charge < -0.3 is 14.7 Å². The van der Waals surface area contributed by atoms with E-state index in [1.165, 1.54) is 0 Å². The summed E-state index contributed by atoms with van der Waals surface area (Å²) in [6.45, 7) is 5.59. The van der Waals surface area contributed by atoms with E-state index in [4.69, 9.17) is 9.47 Å². The lowest BCUT2D eigenvalue weighted by molar-refractivity contribution is 0.0660. The number of rotatable bonds is 6. The average molecular weight is 320 g/mol. The molecule has 0 aliphatic rings. The monoisotopic (exact) mass is 320 g/mol. The maximum atomic E-state index is 12.2. The number of hydrogen-bond acceptors (Lipinski definition) is 5. The quantitative estimate of drug-likeness (QED) is 0.825. The second-order valence-electron chi connectivity index (χ2n) is 5.24. The third-order valence-corrected chi connectivity index (χ3v) is 3.27. The molecule has 7 nitrogen and oxygen atoms in total. The van der Waals surface area contributed by atoms with Crippen LogP contribution in [0.3, 0.4) is 0 Å². The zero-order chi connectivity index (χ0) is 17.0. The summed E-state index contributed by atoms with van der Waals surface area (Å²) < 4.78 is 12.2. The van der Waals surface area contributed by atoms with Crippen molar-refractivity contribution in [3.05, 3.63) is 56.7 Å². The summed E-state index contributed by atoms with van der Waals surface area (Å²) in [5, 5.41) is 9.77. The van der Waals surface area contributed by atoms with Gasteiger partial charge in [-0.15, -0.1) is 0 Å². The van der Waals surface area contributed by atoms with Gasteiger partial charge in [0.1, 0.15) is 12.5 Å². The molecular weight excluding hydrogens is 300 g/mol. The van der Waals surface area contributed by atoms with Crippen molar-refractivity contribution in [3.63, 3.8) is 0 Å². The largest absolute Gasteiger partial charge is 0.440 e. The van der Waals surface area contributed by atoms with Gasteiger partial charge in [-0.25, -0.2) is 9.36 Å². The molecule has 0 saturated carbocycles. The zero-order valence-corrected chi connectivity index (χ0v) is 13.4. The maximum absolute atomic E-state index is 12.2. The Morgan fingerprint density at radius 3 is 2.39 bits per heavy atom. The highest BCUT2D eigenvalue weighted by atomic mass is 16.5. The third-order valence-electron chi connectivity index (χ3n) is 3.27. The standard InChI is InChI=1S/C16H20N2O5/c1-4-22-10-17-15(23-12-8-6-5-7-9-12)13(11(2)3)14(19)18(21)16(17)20/h5-9,11,21H,4,10H2,1-3H3. The molecule has 0 atom stereocenters. The molecule has 0 fully saturated rings. The highest BCUT2D eigenvalue weighted by Gasteiger charge is 2.23. The van der Waals surface area contributed by atoms with E-state index in [1.807, 2.05) is 6.07 Å². The highest BCUT2D eigenvalue weighted by Crippen LogP contribution is 2.27. The van der Waals surface area contributed by atoms with Gasteiger partial charge in [0, 0.05) is 6.61 Å². The van der Waals surface area contributed by atoms with Crippen molar-refractivity contribution < 1.29 is 14.7 Å². The van der Waals surface area contributed by atoms with Gasteiger partial charge in [-0.05, 0) is 25.0 Å². The maximum Gasteiger partial charge on any atom is 0.369 e. The summed E-state index contributed by atoms with van der Waals surface area (Å²) >= 11 is 0. The molecule has 2 aromatic rings. The van der Waals surface area contributed by atoms with E-state index < -0.39 is 11.2 Å². The minimum atomic E-state index is -0.904. The van der Waals surface area contributed by atoms with Crippen LogP contribution in [0.25, 0.3) is 0 Å². The van der Waals surface area contributed by atoms with Crippen LogP contribution in [0.5, 0.6) is 11.6 Å². The normalized spacial score (nSPS) is 11.0. The molecular formula is C16H20N2O5. The summed E-state index contributed by atoms with van der Waals surface area (Å²) in [6, 6.07) is 8.81. The van der Waals surface area contributed by atoms with Crippen LogP contribution in [0.2, 0.25) is 0 Å². The molecule has 0 amide bonds. The van der Waals surface area contributed by atoms with Crippen molar-refractivity contribution in [1.29, 1.82) is 0 Å². The van der Waals surface area contributed by atoms with Crippen molar-refractivity contribution in [3.8, 4) is 11.6 Å². The topological polar surface area (TPSA) is 82.7 Å². The highest BCUT2D eigenvalue weighted by molar-refractivity contribution is 5.33. The van der Waals surface area contributed by atoms with Crippen LogP contribution >= 0.6 is 0 Å². The summed E-state index contributed by atoms with van der Waals surface area (Å²) in [5.74, 6) is 0.308. The molecule has 1 aromatic carbocycles. The molecule has 0 aliphatic carbocycles. The van der Waals surface area contributed by atoms with E-state index in [-0.39, 0.29) is 28.8 Å². The lowest BCUT2D eigenvalue weighted by Gasteiger charge is -2.19. The fourth-order valence-electron chi connectivity index (χ4n) is 2.14. The van der Waals surface area contributed by atoms with Gasteiger partial charge in [-0.2, -0.15) is 0 Å². The fraction of sp³-hybridized carbons (Fsp3) is 0.375. The Bertz CT molecular complexity index is 778. The van der Waals surface area contributed by atoms with Crippen LogP contribution < -0.4 is 16.0 Å².